The topological polar surface area (TPSA) is 80.1 Å². The summed E-state index contributed by atoms with van der Waals surface area (Å²) in [5, 5.41) is 11.8. The molecular weight excluding hydrogens is 414 g/mol. The second-order valence-electron chi connectivity index (χ2n) is 9.10. The number of rotatable bonds is 4. The summed E-state index contributed by atoms with van der Waals surface area (Å²) in [5.74, 6) is 1.36. The summed E-state index contributed by atoms with van der Waals surface area (Å²) in [4.78, 5) is 27.5. The minimum absolute atomic E-state index is 0.0104. The SMILES string of the molecule is Cc1cccc(N2CC(C(=O)Nc3cccc(-c4nnc5n4CCCCC5)c3)CC2=O)c1C. The van der Waals surface area contributed by atoms with Crippen LogP contribution < -0.4 is 10.2 Å². The predicted octanol–water partition coefficient (Wildman–Crippen LogP) is 4.28. The van der Waals surface area contributed by atoms with E-state index in [0.717, 1.165) is 59.8 Å². The third kappa shape index (κ3) is 4.15. The maximum Gasteiger partial charge on any atom is 0.229 e. The molecule has 1 atom stereocenters. The highest BCUT2D eigenvalue weighted by molar-refractivity contribution is 6.04. The van der Waals surface area contributed by atoms with E-state index in [4.69, 9.17) is 0 Å². The molecule has 1 saturated heterocycles. The standard InChI is InChI=1S/C26H29N5O2/c1-17-8-6-11-22(18(17)2)31-16-20(15-24(31)32)26(33)27-21-10-7-9-19(14-21)25-29-28-23-12-4-3-5-13-30(23)25/h6-11,14,20H,3-5,12-13,15-16H2,1-2H3,(H,27,33). The van der Waals surface area contributed by atoms with Crippen molar-refractivity contribution in [3.63, 3.8) is 0 Å². The zero-order chi connectivity index (χ0) is 22.9. The summed E-state index contributed by atoms with van der Waals surface area (Å²) >= 11 is 0. The highest BCUT2D eigenvalue weighted by Crippen LogP contribution is 2.30. The molecule has 2 amide bonds. The first-order valence-electron chi connectivity index (χ1n) is 11.7. The molecule has 2 aliphatic rings. The van der Waals surface area contributed by atoms with Gasteiger partial charge in [0.2, 0.25) is 11.8 Å². The molecule has 2 aliphatic heterocycles. The van der Waals surface area contributed by atoms with Gasteiger partial charge in [0.25, 0.3) is 0 Å². The van der Waals surface area contributed by atoms with E-state index in [-0.39, 0.29) is 24.2 Å². The van der Waals surface area contributed by atoms with Gasteiger partial charge < -0.3 is 14.8 Å². The summed E-state index contributed by atoms with van der Waals surface area (Å²) in [6, 6.07) is 13.7. The Morgan fingerprint density at radius 1 is 1.06 bits per heavy atom. The predicted molar refractivity (Wildman–Crippen MR) is 128 cm³/mol. The van der Waals surface area contributed by atoms with E-state index in [1.807, 2.05) is 56.3 Å². The lowest BCUT2D eigenvalue weighted by molar-refractivity contribution is -0.122. The van der Waals surface area contributed by atoms with Crippen LogP contribution in [0.25, 0.3) is 11.4 Å². The second kappa shape index (κ2) is 8.81. The Morgan fingerprint density at radius 3 is 2.79 bits per heavy atom. The quantitative estimate of drug-likeness (QED) is 0.653. The summed E-state index contributed by atoms with van der Waals surface area (Å²) in [5.41, 5.74) is 4.75. The Hall–Kier alpha value is -3.48. The number of carbonyl (C=O) groups is 2. The van der Waals surface area contributed by atoms with Crippen molar-refractivity contribution in [1.82, 2.24) is 14.8 Å². The van der Waals surface area contributed by atoms with Crippen molar-refractivity contribution in [2.75, 3.05) is 16.8 Å². The molecule has 33 heavy (non-hydrogen) atoms. The molecule has 1 fully saturated rings. The molecule has 1 aromatic heterocycles. The maximum absolute atomic E-state index is 13.0. The van der Waals surface area contributed by atoms with E-state index in [2.05, 4.69) is 20.1 Å². The van der Waals surface area contributed by atoms with Gasteiger partial charge in [0.15, 0.2) is 5.82 Å². The number of fused-ring (bicyclic) bond motifs is 1. The van der Waals surface area contributed by atoms with Gasteiger partial charge in [-0.05, 0) is 56.0 Å². The van der Waals surface area contributed by atoms with E-state index in [1.165, 1.54) is 6.42 Å². The minimum Gasteiger partial charge on any atom is -0.326 e. The zero-order valence-corrected chi connectivity index (χ0v) is 19.2. The average Bonchev–Trinajstić information content (AvgIpc) is 3.31. The first-order valence-corrected chi connectivity index (χ1v) is 11.7. The molecule has 170 valence electrons. The van der Waals surface area contributed by atoms with Crippen molar-refractivity contribution in [2.45, 2.75) is 52.5 Å². The highest BCUT2D eigenvalue weighted by atomic mass is 16.2. The van der Waals surface area contributed by atoms with Crippen LogP contribution in [0.1, 0.15) is 42.6 Å². The van der Waals surface area contributed by atoms with Crippen LogP contribution in [0.15, 0.2) is 42.5 Å². The van der Waals surface area contributed by atoms with E-state index in [1.54, 1.807) is 4.90 Å². The lowest BCUT2D eigenvalue weighted by Crippen LogP contribution is -2.28. The Morgan fingerprint density at radius 2 is 1.91 bits per heavy atom. The molecule has 0 spiro atoms. The number of benzene rings is 2. The van der Waals surface area contributed by atoms with Crippen molar-refractivity contribution in [3.8, 4) is 11.4 Å². The number of nitrogens with zero attached hydrogens (tertiary/aromatic N) is 4. The third-order valence-corrected chi connectivity index (χ3v) is 6.86. The van der Waals surface area contributed by atoms with Crippen molar-refractivity contribution in [3.05, 3.63) is 59.4 Å². The van der Waals surface area contributed by atoms with Crippen LogP contribution in [0.3, 0.4) is 0 Å². The fourth-order valence-electron chi connectivity index (χ4n) is 4.82. The van der Waals surface area contributed by atoms with Crippen molar-refractivity contribution >= 4 is 23.2 Å². The Balaban J connectivity index is 1.32. The van der Waals surface area contributed by atoms with E-state index in [9.17, 15) is 9.59 Å². The van der Waals surface area contributed by atoms with Gasteiger partial charge in [-0.2, -0.15) is 0 Å². The molecule has 7 nitrogen and oxygen atoms in total. The number of amides is 2. The summed E-state index contributed by atoms with van der Waals surface area (Å²) in [6.07, 6.45) is 4.65. The van der Waals surface area contributed by atoms with Gasteiger partial charge >= 0.3 is 0 Å². The van der Waals surface area contributed by atoms with Gasteiger partial charge in [0.1, 0.15) is 5.82 Å². The molecular formula is C26H29N5O2. The second-order valence-corrected chi connectivity index (χ2v) is 9.10. The van der Waals surface area contributed by atoms with Gasteiger partial charge in [-0.3, -0.25) is 9.59 Å². The number of aromatic nitrogens is 3. The molecule has 0 radical (unpaired) electrons. The summed E-state index contributed by atoms with van der Waals surface area (Å²) in [6.45, 7) is 5.37. The van der Waals surface area contributed by atoms with Crippen molar-refractivity contribution in [2.24, 2.45) is 5.92 Å². The fourth-order valence-corrected chi connectivity index (χ4v) is 4.82. The van der Waals surface area contributed by atoms with Crippen LogP contribution in [-0.4, -0.2) is 33.1 Å². The zero-order valence-electron chi connectivity index (χ0n) is 19.2. The molecule has 3 aromatic rings. The summed E-state index contributed by atoms with van der Waals surface area (Å²) in [7, 11) is 0. The molecule has 2 aromatic carbocycles. The molecule has 3 heterocycles. The Bertz CT molecular complexity index is 1220. The number of hydrogen-bond donors (Lipinski definition) is 1. The number of anilines is 2. The molecule has 1 unspecified atom stereocenters. The minimum atomic E-state index is -0.384. The van der Waals surface area contributed by atoms with Gasteiger partial charge in [-0.1, -0.05) is 30.7 Å². The van der Waals surface area contributed by atoms with Crippen LogP contribution in [0.4, 0.5) is 11.4 Å². The number of carbonyl (C=O) groups excluding carboxylic acids is 2. The van der Waals surface area contributed by atoms with Gasteiger partial charge in [-0.15, -0.1) is 10.2 Å². The van der Waals surface area contributed by atoms with E-state index < -0.39 is 0 Å². The van der Waals surface area contributed by atoms with Gasteiger partial charge in [-0.25, -0.2) is 0 Å². The normalized spacial score (nSPS) is 18.2. The average molecular weight is 444 g/mol. The molecule has 7 heteroatoms. The lowest BCUT2D eigenvalue weighted by Gasteiger charge is -2.20. The molecule has 0 aliphatic carbocycles. The Kier molecular flexibility index (Phi) is 5.70. The molecule has 5 rings (SSSR count). The van der Waals surface area contributed by atoms with Crippen LogP contribution >= 0.6 is 0 Å². The molecule has 0 bridgehead atoms. The Labute approximate surface area is 193 Å². The van der Waals surface area contributed by atoms with Crippen LogP contribution in [-0.2, 0) is 22.6 Å². The van der Waals surface area contributed by atoms with Crippen LogP contribution in [0, 0.1) is 19.8 Å². The fraction of sp³-hybridized carbons (Fsp3) is 0.385. The van der Waals surface area contributed by atoms with Crippen molar-refractivity contribution in [1.29, 1.82) is 0 Å². The number of nitrogens with one attached hydrogen (secondary N) is 1. The number of aryl methyl sites for hydroxylation is 2. The van der Waals surface area contributed by atoms with Gasteiger partial charge in [0.05, 0.1) is 5.92 Å². The third-order valence-electron chi connectivity index (χ3n) is 6.86. The van der Waals surface area contributed by atoms with Crippen molar-refractivity contribution < 1.29 is 9.59 Å². The largest absolute Gasteiger partial charge is 0.326 e. The van der Waals surface area contributed by atoms with Gasteiger partial charge in [0, 0.05) is 42.9 Å². The first-order chi connectivity index (χ1) is 16.0. The van der Waals surface area contributed by atoms with E-state index >= 15 is 0 Å². The number of hydrogen-bond acceptors (Lipinski definition) is 4. The van der Waals surface area contributed by atoms with E-state index in [0.29, 0.717) is 12.2 Å². The van der Waals surface area contributed by atoms with Crippen LogP contribution in [0.5, 0.6) is 0 Å². The monoisotopic (exact) mass is 443 g/mol. The smallest absolute Gasteiger partial charge is 0.229 e. The first kappa shape index (κ1) is 21.4. The highest BCUT2D eigenvalue weighted by Gasteiger charge is 2.35. The van der Waals surface area contributed by atoms with Crippen LogP contribution in [0.2, 0.25) is 0 Å². The summed E-state index contributed by atoms with van der Waals surface area (Å²) < 4.78 is 2.20. The maximum atomic E-state index is 13.0. The molecule has 0 saturated carbocycles. The molecule has 1 N–H and O–H groups in total. The lowest BCUT2D eigenvalue weighted by atomic mass is 10.1.